The van der Waals surface area contributed by atoms with Crippen LogP contribution >= 0.6 is 11.8 Å². The maximum Gasteiger partial charge on any atom is 0.0201 e. The first kappa shape index (κ1) is 13.7. The Balaban J connectivity index is 1.77. The molecule has 0 aromatic carbocycles. The Labute approximate surface area is 112 Å². The minimum Gasteiger partial charge on any atom is -0.310 e. The van der Waals surface area contributed by atoms with Crippen molar-refractivity contribution in [1.82, 2.24) is 5.32 Å². The molecule has 0 radical (unpaired) electrons. The van der Waals surface area contributed by atoms with E-state index < -0.39 is 0 Å². The van der Waals surface area contributed by atoms with Gasteiger partial charge in [-0.2, -0.15) is 11.8 Å². The molecular weight excluding hydrogens is 226 g/mol. The van der Waals surface area contributed by atoms with Gasteiger partial charge in [-0.25, -0.2) is 0 Å². The van der Waals surface area contributed by atoms with E-state index in [0.717, 1.165) is 17.3 Å². The van der Waals surface area contributed by atoms with E-state index in [1.165, 1.54) is 70.0 Å². The summed E-state index contributed by atoms with van der Waals surface area (Å²) < 4.78 is 0. The zero-order valence-electron chi connectivity index (χ0n) is 11.4. The molecular formula is C15H29NS. The van der Waals surface area contributed by atoms with Crippen molar-refractivity contribution in [2.45, 2.75) is 88.5 Å². The lowest BCUT2D eigenvalue weighted by atomic mass is 9.96. The minimum absolute atomic E-state index is 0.823. The molecule has 1 N–H and O–H groups in total. The van der Waals surface area contributed by atoms with Crippen molar-refractivity contribution in [3.63, 3.8) is 0 Å². The van der Waals surface area contributed by atoms with Crippen LogP contribution in [0, 0.1) is 0 Å². The average Bonchev–Trinajstić information content (AvgIpc) is 2.70. The molecule has 2 aliphatic rings. The maximum atomic E-state index is 4.00. The highest BCUT2D eigenvalue weighted by Crippen LogP contribution is 2.31. The molecule has 2 heteroatoms. The summed E-state index contributed by atoms with van der Waals surface area (Å²) in [6, 6.07) is 1.66. The zero-order valence-corrected chi connectivity index (χ0v) is 12.2. The van der Waals surface area contributed by atoms with Gasteiger partial charge in [-0.15, -0.1) is 0 Å². The molecule has 0 amide bonds. The van der Waals surface area contributed by atoms with Crippen molar-refractivity contribution in [2.75, 3.05) is 5.75 Å². The van der Waals surface area contributed by atoms with Crippen molar-refractivity contribution >= 4 is 11.8 Å². The molecule has 0 bridgehead atoms. The second kappa shape index (κ2) is 7.68. The summed E-state index contributed by atoms with van der Waals surface area (Å²) in [5.74, 6) is 1.29. The summed E-state index contributed by atoms with van der Waals surface area (Å²) in [6.07, 6.45) is 14.5. The molecule has 0 aromatic rings. The van der Waals surface area contributed by atoms with E-state index >= 15 is 0 Å². The molecule has 0 heterocycles. The predicted octanol–water partition coefficient (Wildman–Crippen LogP) is 4.36. The molecule has 2 unspecified atom stereocenters. The Morgan fingerprint density at radius 1 is 0.882 bits per heavy atom. The van der Waals surface area contributed by atoms with Crippen LogP contribution in [0.2, 0.25) is 0 Å². The molecule has 17 heavy (non-hydrogen) atoms. The van der Waals surface area contributed by atoms with Gasteiger partial charge in [0.05, 0.1) is 0 Å². The molecule has 0 aromatic heterocycles. The lowest BCUT2D eigenvalue weighted by molar-refractivity contribution is 0.354. The lowest BCUT2D eigenvalue weighted by Crippen LogP contribution is -2.42. The highest BCUT2D eigenvalue weighted by atomic mass is 32.2. The van der Waals surface area contributed by atoms with Gasteiger partial charge in [0.2, 0.25) is 0 Å². The summed E-state index contributed by atoms with van der Waals surface area (Å²) in [5, 5.41) is 4.91. The number of thioether (sulfide) groups is 1. The van der Waals surface area contributed by atoms with E-state index in [1.807, 2.05) is 0 Å². The van der Waals surface area contributed by atoms with Crippen molar-refractivity contribution in [1.29, 1.82) is 0 Å². The largest absolute Gasteiger partial charge is 0.310 e. The molecule has 0 aliphatic heterocycles. The second-order valence-corrected chi connectivity index (χ2v) is 7.26. The molecule has 2 rings (SSSR count). The molecule has 2 saturated carbocycles. The Bertz CT molecular complexity index is 199. The highest BCUT2D eigenvalue weighted by Gasteiger charge is 2.28. The van der Waals surface area contributed by atoms with Crippen LogP contribution in [0.5, 0.6) is 0 Å². The lowest BCUT2D eigenvalue weighted by Gasteiger charge is -2.28. The molecule has 2 fully saturated rings. The number of nitrogens with one attached hydrogen (secondary N) is 1. The summed E-state index contributed by atoms with van der Waals surface area (Å²) in [4.78, 5) is 0. The van der Waals surface area contributed by atoms with Gasteiger partial charge >= 0.3 is 0 Å². The van der Waals surface area contributed by atoms with Gasteiger partial charge in [0.25, 0.3) is 0 Å². The SMILES string of the molecule is CCSC1CCCC1NC1CCCCCCC1. The summed E-state index contributed by atoms with van der Waals surface area (Å²) in [5.41, 5.74) is 0. The molecule has 0 spiro atoms. The molecule has 1 nitrogen and oxygen atoms in total. The number of hydrogen-bond acceptors (Lipinski definition) is 2. The van der Waals surface area contributed by atoms with E-state index in [1.54, 1.807) is 0 Å². The number of hydrogen-bond donors (Lipinski definition) is 1. The van der Waals surface area contributed by atoms with Gasteiger partial charge in [0, 0.05) is 17.3 Å². The predicted molar refractivity (Wildman–Crippen MR) is 78.8 cm³/mol. The fourth-order valence-corrected chi connectivity index (χ4v) is 4.66. The molecule has 100 valence electrons. The van der Waals surface area contributed by atoms with E-state index in [2.05, 4.69) is 24.0 Å². The highest BCUT2D eigenvalue weighted by molar-refractivity contribution is 7.99. The van der Waals surface area contributed by atoms with Gasteiger partial charge in [-0.05, 0) is 31.4 Å². The van der Waals surface area contributed by atoms with Crippen LogP contribution in [0.4, 0.5) is 0 Å². The standard InChI is InChI=1S/C15H29NS/c1-2-17-15-12-8-11-14(15)16-13-9-6-4-3-5-7-10-13/h13-16H,2-12H2,1H3. The van der Waals surface area contributed by atoms with Crippen LogP contribution in [0.1, 0.15) is 71.1 Å². The smallest absolute Gasteiger partial charge is 0.0201 e. The van der Waals surface area contributed by atoms with Crippen LogP contribution in [0.25, 0.3) is 0 Å². The third kappa shape index (κ3) is 4.48. The fourth-order valence-electron chi connectivity index (χ4n) is 3.46. The van der Waals surface area contributed by atoms with Crippen LogP contribution in [0.3, 0.4) is 0 Å². The van der Waals surface area contributed by atoms with Crippen LogP contribution in [-0.4, -0.2) is 23.1 Å². The zero-order chi connectivity index (χ0) is 11.9. The molecule has 0 saturated heterocycles. The summed E-state index contributed by atoms with van der Waals surface area (Å²) in [7, 11) is 0. The van der Waals surface area contributed by atoms with E-state index in [4.69, 9.17) is 0 Å². The first-order valence-corrected chi connectivity index (χ1v) is 8.82. The van der Waals surface area contributed by atoms with Gasteiger partial charge in [0.15, 0.2) is 0 Å². The van der Waals surface area contributed by atoms with Gasteiger partial charge < -0.3 is 5.32 Å². The van der Waals surface area contributed by atoms with E-state index in [-0.39, 0.29) is 0 Å². The Kier molecular flexibility index (Phi) is 6.21. The van der Waals surface area contributed by atoms with Crippen LogP contribution < -0.4 is 5.32 Å². The van der Waals surface area contributed by atoms with Crippen molar-refractivity contribution in [3.8, 4) is 0 Å². The minimum atomic E-state index is 0.823. The molecule has 2 atom stereocenters. The third-order valence-corrected chi connectivity index (χ3v) is 5.71. The second-order valence-electron chi connectivity index (χ2n) is 5.74. The fraction of sp³-hybridized carbons (Fsp3) is 1.00. The van der Waals surface area contributed by atoms with Crippen LogP contribution in [0.15, 0.2) is 0 Å². The van der Waals surface area contributed by atoms with Gasteiger partial charge in [0.1, 0.15) is 0 Å². The van der Waals surface area contributed by atoms with Crippen molar-refractivity contribution < 1.29 is 0 Å². The Morgan fingerprint density at radius 2 is 1.59 bits per heavy atom. The summed E-state index contributed by atoms with van der Waals surface area (Å²) >= 11 is 2.18. The maximum absolute atomic E-state index is 4.00. The quantitative estimate of drug-likeness (QED) is 0.801. The number of rotatable bonds is 4. The first-order valence-electron chi connectivity index (χ1n) is 7.78. The van der Waals surface area contributed by atoms with Crippen molar-refractivity contribution in [2.24, 2.45) is 0 Å². The molecule has 2 aliphatic carbocycles. The Morgan fingerprint density at radius 3 is 2.29 bits per heavy atom. The Hall–Kier alpha value is 0.310. The van der Waals surface area contributed by atoms with Gasteiger partial charge in [-0.3, -0.25) is 0 Å². The van der Waals surface area contributed by atoms with E-state index in [0.29, 0.717) is 0 Å². The summed E-state index contributed by atoms with van der Waals surface area (Å²) in [6.45, 7) is 2.30. The third-order valence-electron chi connectivity index (χ3n) is 4.39. The van der Waals surface area contributed by atoms with Gasteiger partial charge in [-0.1, -0.05) is 45.4 Å². The monoisotopic (exact) mass is 255 g/mol. The van der Waals surface area contributed by atoms with Crippen LogP contribution in [-0.2, 0) is 0 Å². The van der Waals surface area contributed by atoms with E-state index in [9.17, 15) is 0 Å². The average molecular weight is 255 g/mol. The van der Waals surface area contributed by atoms with Crippen molar-refractivity contribution in [3.05, 3.63) is 0 Å². The topological polar surface area (TPSA) is 12.0 Å². The first-order chi connectivity index (χ1) is 8.40. The normalized spacial score (nSPS) is 32.3.